The van der Waals surface area contributed by atoms with Crippen molar-refractivity contribution in [3.05, 3.63) is 65.5 Å². The van der Waals surface area contributed by atoms with Crippen LogP contribution in [0, 0.1) is 0 Å². The van der Waals surface area contributed by atoms with Crippen LogP contribution >= 0.6 is 0 Å². The van der Waals surface area contributed by atoms with Gasteiger partial charge in [0.2, 0.25) is 17.6 Å². The molecule has 1 unspecified atom stereocenters. The van der Waals surface area contributed by atoms with Crippen LogP contribution in [-0.4, -0.2) is 33.6 Å². The molecule has 1 aliphatic rings. The molecule has 0 radical (unpaired) electrons. The standard InChI is InChI=1S/C23H22F3N3O3/c1-14(2)31-18-9-7-15(8-10-18)21-27-22(32-28-21)17-11-20(30)29(13-17)12-16-5-3-4-6-19(16)23(24,25)26/h3-10,14,17H,11-13H2,1-2H3. The highest BCUT2D eigenvalue weighted by atomic mass is 19.4. The molecule has 168 valence electrons. The Morgan fingerprint density at radius 1 is 1.16 bits per heavy atom. The zero-order valence-corrected chi connectivity index (χ0v) is 17.6. The van der Waals surface area contributed by atoms with Crippen LogP contribution in [0.3, 0.4) is 0 Å². The average molecular weight is 445 g/mol. The van der Waals surface area contributed by atoms with Crippen LogP contribution in [0.4, 0.5) is 13.2 Å². The van der Waals surface area contributed by atoms with Crippen LogP contribution in [0.15, 0.2) is 53.1 Å². The number of likely N-dealkylation sites (tertiary alicyclic amines) is 1. The SMILES string of the molecule is CC(C)Oc1ccc(-c2noc(C3CC(=O)N(Cc4ccccc4C(F)(F)F)C3)n2)cc1. The van der Waals surface area contributed by atoms with Crippen molar-refractivity contribution >= 4 is 5.91 Å². The summed E-state index contributed by atoms with van der Waals surface area (Å²) in [5.41, 5.74) is 0.0570. The Morgan fingerprint density at radius 3 is 2.56 bits per heavy atom. The molecule has 1 atom stereocenters. The Kier molecular flexibility index (Phi) is 5.90. The second kappa shape index (κ2) is 8.64. The maximum Gasteiger partial charge on any atom is 0.416 e. The van der Waals surface area contributed by atoms with E-state index in [1.54, 1.807) is 0 Å². The number of benzene rings is 2. The molecule has 0 aliphatic carbocycles. The first-order chi connectivity index (χ1) is 15.2. The fourth-order valence-electron chi connectivity index (χ4n) is 3.70. The van der Waals surface area contributed by atoms with Gasteiger partial charge in [0.05, 0.1) is 17.6 Å². The number of carbonyl (C=O) groups excluding carboxylic acids is 1. The predicted octanol–water partition coefficient (Wildman–Crippen LogP) is 5.06. The first-order valence-electron chi connectivity index (χ1n) is 10.2. The maximum atomic E-state index is 13.3. The molecule has 4 rings (SSSR count). The quantitative estimate of drug-likeness (QED) is 0.531. The van der Waals surface area contributed by atoms with Crippen molar-refractivity contribution in [3.63, 3.8) is 0 Å². The Morgan fingerprint density at radius 2 is 1.88 bits per heavy atom. The van der Waals surface area contributed by atoms with Crippen molar-refractivity contribution in [1.82, 2.24) is 15.0 Å². The van der Waals surface area contributed by atoms with Gasteiger partial charge in [-0.15, -0.1) is 0 Å². The van der Waals surface area contributed by atoms with E-state index in [1.165, 1.54) is 23.1 Å². The number of carbonyl (C=O) groups is 1. The predicted molar refractivity (Wildman–Crippen MR) is 110 cm³/mol. The van der Waals surface area contributed by atoms with E-state index in [0.29, 0.717) is 11.7 Å². The van der Waals surface area contributed by atoms with E-state index in [9.17, 15) is 18.0 Å². The van der Waals surface area contributed by atoms with E-state index in [4.69, 9.17) is 9.26 Å². The van der Waals surface area contributed by atoms with Gasteiger partial charge in [-0.25, -0.2) is 0 Å². The van der Waals surface area contributed by atoms with Crippen molar-refractivity contribution in [1.29, 1.82) is 0 Å². The molecule has 6 nitrogen and oxygen atoms in total. The minimum atomic E-state index is -4.48. The molecule has 2 heterocycles. The Hall–Kier alpha value is -3.36. The van der Waals surface area contributed by atoms with Gasteiger partial charge in [-0.3, -0.25) is 4.79 Å². The highest BCUT2D eigenvalue weighted by Gasteiger charge is 2.37. The molecule has 32 heavy (non-hydrogen) atoms. The molecule has 1 amide bonds. The third-order valence-corrected chi connectivity index (χ3v) is 5.17. The van der Waals surface area contributed by atoms with Gasteiger partial charge in [0, 0.05) is 25.1 Å². The number of amides is 1. The Labute approximate surface area is 183 Å². The van der Waals surface area contributed by atoms with E-state index in [0.717, 1.165) is 17.4 Å². The molecule has 9 heteroatoms. The Balaban J connectivity index is 1.46. The van der Waals surface area contributed by atoms with Gasteiger partial charge in [-0.05, 0) is 49.7 Å². The molecular formula is C23H22F3N3O3. The molecule has 1 saturated heterocycles. The van der Waals surface area contributed by atoms with E-state index in [1.807, 2.05) is 38.1 Å². The minimum Gasteiger partial charge on any atom is -0.491 e. The number of hydrogen-bond acceptors (Lipinski definition) is 5. The molecule has 2 aromatic carbocycles. The van der Waals surface area contributed by atoms with E-state index in [2.05, 4.69) is 10.1 Å². The fraction of sp³-hybridized carbons (Fsp3) is 0.348. The normalized spacial score (nSPS) is 16.8. The lowest BCUT2D eigenvalue weighted by Crippen LogP contribution is -2.26. The zero-order valence-electron chi connectivity index (χ0n) is 17.6. The summed E-state index contributed by atoms with van der Waals surface area (Å²) in [6.45, 7) is 3.97. The summed E-state index contributed by atoms with van der Waals surface area (Å²) in [6, 6.07) is 12.5. The summed E-state index contributed by atoms with van der Waals surface area (Å²) in [7, 11) is 0. The molecule has 1 fully saturated rings. The highest BCUT2D eigenvalue weighted by Crippen LogP contribution is 2.35. The van der Waals surface area contributed by atoms with Gasteiger partial charge in [0.15, 0.2) is 0 Å². The number of halogens is 3. The van der Waals surface area contributed by atoms with Gasteiger partial charge < -0.3 is 14.2 Å². The first-order valence-corrected chi connectivity index (χ1v) is 10.2. The number of ether oxygens (including phenoxy) is 1. The fourth-order valence-corrected chi connectivity index (χ4v) is 3.70. The van der Waals surface area contributed by atoms with Crippen LogP contribution in [0.5, 0.6) is 5.75 Å². The second-order valence-corrected chi connectivity index (χ2v) is 7.98. The lowest BCUT2D eigenvalue weighted by atomic mass is 10.1. The third kappa shape index (κ3) is 4.76. The molecular weight excluding hydrogens is 423 g/mol. The minimum absolute atomic E-state index is 0.0589. The highest BCUT2D eigenvalue weighted by molar-refractivity contribution is 5.79. The summed E-state index contributed by atoms with van der Waals surface area (Å²) in [4.78, 5) is 18.3. The molecule has 3 aromatic rings. The van der Waals surface area contributed by atoms with Crippen molar-refractivity contribution in [2.45, 2.75) is 45.0 Å². The smallest absolute Gasteiger partial charge is 0.416 e. The second-order valence-electron chi connectivity index (χ2n) is 7.98. The summed E-state index contributed by atoms with van der Waals surface area (Å²) in [6.07, 6.45) is -4.31. The third-order valence-electron chi connectivity index (χ3n) is 5.17. The Bertz CT molecular complexity index is 1090. The van der Waals surface area contributed by atoms with Gasteiger partial charge in [0.25, 0.3) is 0 Å². The lowest BCUT2D eigenvalue weighted by molar-refractivity contribution is -0.139. The van der Waals surface area contributed by atoms with E-state index >= 15 is 0 Å². The van der Waals surface area contributed by atoms with Gasteiger partial charge in [-0.1, -0.05) is 23.4 Å². The van der Waals surface area contributed by atoms with E-state index in [-0.39, 0.29) is 43.0 Å². The first kappa shape index (κ1) is 21.9. The number of rotatable bonds is 6. The van der Waals surface area contributed by atoms with Crippen molar-refractivity contribution in [2.24, 2.45) is 0 Å². The van der Waals surface area contributed by atoms with Crippen molar-refractivity contribution in [2.75, 3.05) is 6.54 Å². The van der Waals surface area contributed by atoms with Crippen LogP contribution in [0.2, 0.25) is 0 Å². The van der Waals surface area contributed by atoms with Crippen molar-refractivity contribution in [3.8, 4) is 17.1 Å². The van der Waals surface area contributed by atoms with Gasteiger partial charge >= 0.3 is 6.18 Å². The molecule has 1 aliphatic heterocycles. The molecule has 0 bridgehead atoms. The number of hydrogen-bond donors (Lipinski definition) is 0. The maximum absolute atomic E-state index is 13.3. The van der Waals surface area contributed by atoms with E-state index < -0.39 is 11.7 Å². The average Bonchev–Trinajstić information content (AvgIpc) is 3.35. The lowest BCUT2D eigenvalue weighted by Gasteiger charge is -2.19. The van der Waals surface area contributed by atoms with Crippen molar-refractivity contribution < 1.29 is 27.2 Å². The topological polar surface area (TPSA) is 68.5 Å². The van der Waals surface area contributed by atoms with Crippen LogP contribution in [0.1, 0.15) is 43.2 Å². The number of alkyl halides is 3. The summed E-state index contributed by atoms with van der Waals surface area (Å²) >= 11 is 0. The van der Waals surface area contributed by atoms with Gasteiger partial charge in [0.1, 0.15) is 5.75 Å². The molecule has 0 spiro atoms. The number of nitrogens with zero attached hydrogens (tertiary/aromatic N) is 3. The van der Waals surface area contributed by atoms with Crippen LogP contribution in [-0.2, 0) is 17.5 Å². The number of aromatic nitrogens is 2. The largest absolute Gasteiger partial charge is 0.491 e. The summed E-state index contributed by atoms with van der Waals surface area (Å²) in [5, 5.41) is 4.00. The van der Waals surface area contributed by atoms with Crippen LogP contribution in [0.25, 0.3) is 11.4 Å². The summed E-state index contributed by atoms with van der Waals surface area (Å²) < 4.78 is 50.8. The monoisotopic (exact) mass is 445 g/mol. The summed E-state index contributed by atoms with van der Waals surface area (Å²) in [5.74, 6) is 0.780. The zero-order chi connectivity index (χ0) is 22.9. The van der Waals surface area contributed by atoms with Gasteiger partial charge in [-0.2, -0.15) is 18.2 Å². The molecule has 1 aromatic heterocycles. The molecule has 0 N–H and O–H groups in total. The van der Waals surface area contributed by atoms with Crippen LogP contribution < -0.4 is 4.74 Å². The molecule has 0 saturated carbocycles.